The maximum absolute atomic E-state index is 12.9. The molecule has 5 nitrogen and oxygen atoms in total. The molecule has 146 valence electrons. The minimum atomic E-state index is -1.10. The van der Waals surface area contributed by atoms with Gasteiger partial charge in [-0.2, -0.15) is 0 Å². The molecule has 2 aromatic carbocycles. The second-order valence-electron chi connectivity index (χ2n) is 7.43. The van der Waals surface area contributed by atoms with E-state index >= 15 is 0 Å². The predicted molar refractivity (Wildman–Crippen MR) is 109 cm³/mol. The summed E-state index contributed by atoms with van der Waals surface area (Å²) in [6.45, 7) is 0.233. The average molecular weight is 397 g/mol. The van der Waals surface area contributed by atoms with Gasteiger partial charge >= 0.3 is 11.9 Å². The van der Waals surface area contributed by atoms with Crippen molar-refractivity contribution in [3.63, 3.8) is 0 Å². The summed E-state index contributed by atoms with van der Waals surface area (Å²) in [5.41, 5.74) is 11.0. The number of ether oxygens (including phenoxy) is 1. The van der Waals surface area contributed by atoms with Crippen molar-refractivity contribution in [2.75, 3.05) is 12.4 Å². The summed E-state index contributed by atoms with van der Waals surface area (Å²) in [4.78, 5) is 23.0. The van der Waals surface area contributed by atoms with Crippen molar-refractivity contribution in [1.29, 1.82) is 0 Å². The van der Waals surface area contributed by atoms with Crippen molar-refractivity contribution in [2.45, 2.75) is 30.1 Å². The van der Waals surface area contributed by atoms with E-state index in [-0.39, 0.29) is 18.9 Å². The van der Waals surface area contributed by atoms with Gasteiger partial charge in [0, 0.05) is 5.92 Å². The molecule has 0 spiro atoms. The molecule has 6 heteroatoms. The quantitative estimate of drug-likeness (QED) is 0.749. The van der Waals surface area contributed by atoms with Gasteiger partial charge in [0.1, 0.15) is 6.61 Å². The molecule has 28 heavy (non-hydrogen) atoms. The summed E-state index contributed by atoms with van der Waals surface area (Å²) in [6, 6.07) is 16.3. The third kappa shape index (κ3) is 3.42. The van der Waals surface area contributed by atoms with Gasteiger partial charge in [0.2, 0.25) is 0 Å². The zero-order valence-electron chi connectivity index (χ0n) is 15.5. The van der Waals surface area contributed by atoms with Gasteiger partial charge in [-0.25, -0.2) is 0 Å². The van der Waals surface area contributed by atoms with Crippen LogP contribution in [0.25, 0.3) is 11.1 Å². The number of carboxylic acids is 1. The Bertz CT molecular complexity index is 869. The zero-order chi connectivity index (χ0) is 19.7. The lowest BCUT2D eigenvalue weighted by molar-refractivity contribution is -0.151. The van der Waals surface area contributed by atoms with Crippen molar-refractivity contribution in [2.24, 2.45) is 11.7 Å². The normalized spacial score (nSPS) is 23.7. The highest BCUT2D eigenvalue weighted by Gasteiger charge is 2.45. The lowest BCUT2D eigenvalue weighted by atomic mass is 9.91. The fourth-order valence-corrected chi connectivity index (χ4v) is 5.66. The van der Waals surface area contributed by atoms with E-state index in [2.05, 4.69) is 24.3 Å². The first kappa shape index (κ1) is 19.0. The molecule has 1 aliphatic heterocycles. The van der Waals surface area contributed by atoms with Crippen LogP contribution in [-0.4, -0.2) is 34.3 Å². The van der Waals surface area contributed by atoms with Gasteiger partial charge in [0.05, 0.1) is 17.2 Å². The highest BCUT2D eigenvalue weighted by molar-refractivity contribution is 8.00. The van der Waals surface area contributed by atoms with Gasteiger partial charge in [0.15, 0.2) is 0 Å². The molecule has 0 bridgehead atoms. The van der Waals surface area contributed by atoms with Crippen LogP contribution < -0.4 is 5.73 Å². The maximum Gasteiger partial charge on any atom is 0.311 e. The highest BCUT2D eigenvalue weighted by Crippen LogP contribution is 2.45. The van der Waals surface area contributed by atoms with E-state index in [9.17, 15) is 14.7 Å². The molecule has 4 rings (SSSR count). The third-order valence-corrected chi connectivity index (χ3v) is 7.12. The van der Waals surface area contributed by atoms with Crippen LogP contribution in [-0.2, 0) is 14.3 Å². The number of nitrogens with two attached hydrogens (primary N) is 1. The predicted octanol–water partition coefficient (Wildman–Crippen LogP) is 3.62. The number of hydrogen-bond donors (Lipinski definition) is 2. The number of hydrogen-bond acceptors (Lipinski definition) is 5. The number of benzene rings is 2. The zero-order valence-corrected chi connectivity index (χ0v) is 16.3. The summed E-state index contributed by atoms with van der Waals surface area (Å²) in [5, 5.41) is 9.21. The average Bonchev–Trinajstić information content (AvgIpc) is 2.99. The Labute approximate surface area is 168 Å². The fourth-order valence-electron chi connectivity index (χ4n) is 4.33. The molecule has 1 aliphatic carbocycles. The molecular weight excluding hydrogens is 374 g/mol. The number of carbonyl (C=O) groups is 2. The number of esters is 1. The molecule has 0 aromatic heterocycles. The van der Waals surface area contributed by atoms with Crippen molar-refractivity contribution in [1.82, 2.24) is 0 Å². The van der Waals surface area contributed by atoms with Gasteiger partial charge < -0.3 is 15.6 Å². The van der Waals surface area contributed by atoms with Crippen LogP contribution in [0, 0.1) is 5.92 Å². The molecular formula is C22H23NO4S. The number of thioether (sulfide) groups is 1. The second-order valence-corrected chi connectivity index (χ2v) is 8.88. The molecule has 0 saturated carbocycles. The first-order valence-electron chi connectivity index (χ1n) is 9.49. The lowest BCUT2D eigenvalue weighted by Crippen LogP contribution is -2.51. The van der Waals surface area contributed by atoms with Crippen LogP contribution in [0.15, 0.2) is 48.5 Å². The summed E-state index contributed by atoms with van der Waals surface area (Å²) in [7, 11) is 0. The molecule has 2 aromatic rings. The largest absolute Gasteiger partial charge is 0.481 e. The highest BCUT2D eigenvalue weighted by atomic mass is 32.2. The number of carbonyl (C=O) groups excluding carboxylic acids is 1. The molecule has 2 aliphatic rings. The Morgan fingerprint density at radius 1 is 1.11 bits per heavy atom. The number of aliphatic carboxylic acids is 1. The smallest absolute Gasteiger partial charge is 0.311 e. The Morgan fingerprint density at radius 2 is 1.71 bits per heavy atom. The summed E-state index contributed by atoms with van der Waals surface area (Å²) in [6.07, 6.45) is 1.15. The van der Waals surface area contributed by atoms with E-state index in [4.69, 9.17) is 10.5 Å². The SMILES string of the molecule is NC1(CC(=O)O)SCCCC1C(=O)OCC1c2ccccc2-c2ccccc21. The monoisotopic (exact) mass is 397 g/mol. The minimum absolute atomic E-state index is 0.0146. The van der Waals surface area contributed by atoms with E-state index in [1.54, 1.807) is 0 Å². The van der Waals surface area contributed by atoms with Crippen LogP contribution in [0.3, 0.4) is 0 Å². The minimum Gasteiger partial charge on any atom is -0.481 e. The topological polar surface area (TPSA) is 89.6 Å². The molecule has 1 saturated heterocycles. The van der Waals surface area contributed by atoms with E-state index < -0.39 is 22.7 Å². The number of carboxylic acid groups (broad SMARTS) is 1. The van der Waals surface area contributed by atoms with Crippen molar-refractivity contribution in [3.05, 3.63) is 59.7 Å². The third-order valence-electron chi connectivity index (χ3n) is 5.66. The first-order valence-corrected chi connectivity index (χ1v) is 10.5. The molecule has 3 N–H and O–H groups in total. The van der Waals surface area contributed by atoms with Gasteiger partial charge in [-0.3, -0.25) is 9.59 Å². The van der Waals surface area contributed by atoms with Crippen LogP contribution in [0.5, 0.6) is 0 Å². The molecule has 1 fully saturated rings. The molecule has 0 amide bonds. The number of fused-ring (bicyclic) bond motifs is 3. The maximum atomic E-state index is 12.9. The van der Waals surface area contributed by atoms with Crippen LogP contribution >= 0.6 is 11.8 Å². The Morgan fingerprint density at radius 3 is 2.32 bits per heavy atom. The van der Waals surface area contributed by atoms with Crippen molar-refractivity contribution >= 4 is 23.7 Å². The molecule has 2 atom stereocenters. The Kier molecular flexibility index (Phi) is 5.17. The van der Waals surface area contributed by atoms with Crippen molar-refractivity contribution < 1.29 is 19.4 Å². The van der Waals surface area contributed by atoms with Crippen LogP contribution in [0.2, 0.25) is 0 Å². The second kappa shape index (κ2) is 7.60. The van der Waals surface area contributed by atoms with E-state index in [1.165, 1.54) is 22.9 Å². The molecule has 0 radical (unpaired) electrons. The van der Waals surface area contributed by atoms with Crippen LogP contribution in [0.1, 0.15) is 36.3 Å². The standard InChI is InChI=1S/C22H23NO4S/c23-22(12-20(24)25)19(10-5-11-28-22)21(26)27-13-18-16-8-3-1-6-14(16)15-7-2-4-9-17(15)18/h1-4,6-9,18-19H,5,10-13,23H2,(H,24,25). The van der Waals surface area contributed by atoms with Gasteiger partial charge in [-0.1, -0.05) is 48.5 Å². The Balaban J connectivity index is 1.53. The number of rotatable bonds is 5. The van der Waals surface area contributed by atoms with E-state index in [1.807, 2.05) is 24.3 Å². The summed E-state index contributed by atoms with van der Waals surface area (Å²) in [5.74, 6) is -1.24. The van der Waals surface area contributed by atoms with Gasteiger partial charge in [0.25, 0.3) is 0 Å². The fraction of sp³-hybridized carbons (Fsp3) is 0.364. The van der Waals surface area contributed by atoms with E-state index in [0.29, 0.717) is 6.42 Å². The van der Waals surface area contributed by atoms with Gasteiger partial charge in [-0.15, -0.1) is 11.8 Å². The summed E-state index contributed by atoms with van der Waals surface area (Å²) < 4.78 is 5.73. The van der Waals surface area contributed by atoms with E-state index in [0.717, 1.165) is 23.3 Å². The lowest BCUT2D eigenvalue weighted by Gasteiger charge is -2.38. The first-order chi connectivity index (χ1) is 13.5. The Hall–Kier alpha value is -2.31. The van der Waals surface area contributed by atoms with Gasteiger partial charge in [-0.05, 0) is 40.8 Å². The van der Waals surface area contributed by atoms with Crippen LogP contribution in [0.4, 0.5) is 0 Å². The molecule has 1 heterocycles. The molecule has 2 unspecified atom stereocenters. The van der Waals surface area contributed by atoms with Crippen molar-refractivity contribution in [3.8, 4) is 11.1 Å². The summed E-state index contributed by atoms with van der Waals surface area (Å²) >= 11 is 1.36.